The minimum Gasteiger partial charge on any atom is -0.354 e. The zero-order valence-electron chi connectivity index (χ0n) is 23.9. The molecule has 41 heavy (non-hydrogen) atoms. The third kappa shape index (κ3) is 6.07. The van der Waals surface area contributed by atoms with Crippen LogP contribution in [0.4, 0.5) is 5.69 Å². The van der Waals surface area contributed by atoms with Gasteiger partial charge in [0.1, 0.15) is 0 Å². The molecule has 1 aliphatic heterocycles. The molecule has 4 aromatic carbocycles. The molecule has 0 radical (unpaired) electrons. The minimum absolute atomic E-state index is 0.0158. The van der Waals surface area contributed by atoms with Crippen LogP contribution in [0.2, 0.25) is 0 Å². The molecule has 5 heteroatoms. The molecule has 1 aromatic heterocycles. The third-order valence-corrected chi connectivity index (χ3v) is 9.53. The number of piperidine rings is 1. The predicted octanol–water partition coefficient (Wildman–Crippen LogP) is 9.00. The molecule has 210 valence electrons. The molecule has 0 unspecified atom stereocenters. The van der Waals surface area contributed by atoms with Gasteiger partial charge in [-0.15, -0.1) is 0 Å². The van der Waals surface area contributed by atoms with Crippen molar-refractivity contribution >= 4 is 55.9 Å². The summed E-state index contributed by atoms with van der Waals surface area (Å²) in [5.74, 6) is 0.610. The number of benzene rings is 4. The molecule has 0 atom stereocenters. The number of fused-ring (bicyclic) bond motifs is 3. The molecule has 6 rings (SSSR count). The number of aromatic amines is 1. The van der Waals surface area contributed by atoms with E-state index in [2.05, 4.69) is 117 Å². The summed E-state index contributed by atoms with van der Waals surface area (Å²) in [6.07, 6.45) is 4.51. The Kier molecular flexibility index (Phi) is 8.45. The number of amides is 1. The van der Waals surface area contributed by atoms with Crippen LogP contribution in [0, 0.1) is 9.49 Å². The molecule has 0 aliphatic carbocycles. The van der Waals surface area contributed by atoms with Gasteiger partial charge in [0.2, 0.25) is 5.91 Å². The monoisotopic (exact) mass is 655 g/mol. The van der Waals surface area contributed by atoms with E-state index in [0.717, 1.165) is 51.0 Å². The van der Waals surface area contributed by atoms with Gasteiger partial charge in [-0.25, -0.2) is 0 Å². The Morgan fingerprint density at radius 1 is 0.951 bits per heavy atom. The highest BCUT2D eigenvalue weighted by atomic mass is 127. The Morgan fingerprint density at radius 2 is 1.73 bits per heavy atom. The fraction of sp³-hybridized carbons (Fsp3) is 0.306. The van der Waals surface area contributed by atoms with Crippen molar-refractivity contribution in [3.8, 4) is 11.3 Å². The fourth-order valence-electron chi connectivity index (χ4n) is 6.27. The van der Waals surface area contributed by atoms with Crippen LogP contribution in [0.3, 0.4) is 0 Å². The zero-order valence-corrected chi connectivity index (χ0v) is 26.1. The van der Waals surface area contributed by atoms with Crippen LogP contribution in [-0.4, -0.2) is 35.4 Å². The Balaban J connectivity index is 1.14. The second-order valence-electron chi connectivity index (χ2n) is 11.7. The first-order valence-electron chi connectivity index (χ1n) is 14.9. The number of nitrogens with one attached hydrogen (secondary N) is 2. The summed E-state index contributed by atoms with van der Waals surface area (Å²) in [4.78, 5) is 18.6. The number of anilines is 1. The number of rotatable bonds is 8. The lowest BCUT2D eigenvalue weighted by Crippen LogP contribution is -2.33. The number of likely N-dealkylation sites (tertiary alicyclic amines) is 1. The van der Waals surface area contributed by atoms with Crippen molar-refractivity contribution in [2.45, 2.75) is 45.4 Å². The lowest BCUT2D eigenvalue weighted by atomic mass is 9.89. The molecule has 2 heterocycles. The Hall–Kier alpha value is -3.16. The number of H-pyrrole nitrogens is 1. The van der Waals surface area contributed by atoms with Gasteiger partial charge in [0, 0.05) is 31.5 Å². The number of halogens is 1. The predicted molar refractivity (Wildman–Crippen MR) is 181 cm³/mol. The van der Waals surface area contributed by atoms with Gasteiger partial charge in [-0.3, -0.25) is 4.79 Å². The first-order chi connectivity index (χ1) is 20.0. The zero-order chi connectivity index (χ0) is 28.3. The molecular weight excluding hydrogens is 617 g/mol. The van der Waals surface area contributed by atoms with Crippen molar-refractivity contribution in [2.75, 3.05) is 25.0 Å². The van der Waals surface area contributed by atoms with Gasteiger partial charge in [0.05, 0.1) is 11.2 Å². The van der Waals surface area contributed by atoms with Gasteiger partial charge < -0.3 is 15.2 Å². The quantitative estimate of drug-likeness (QED) is 0.164. The SMILES string of the molecule is CC(C)C(=O)Nc1cccc(C2CCN(CCCc3c(-c4ccccc4I)[nH]c4c3ccc3ccccc34)CC2)c1. The number of aromatic nitrogens is 1. The van der Waals surface area contributed by atoms with E-state index in [9.17, 15) is 4.79 Å². The number of carbonyl (C=O) groups is 1. The van der Waals surface area contributed by atoms with Crippen molar-refractivity contribution in [3.05, 3.63) is 99.6 Å². The van der Waals surface area contributed by atoms with Crippen LogP contribution in [-0.2, 0) is 11.2 Å². The Morgan fingerprint density at radius 3 is 2.54 bits per heavy atom. The van der Waals surface area contributed by atoms with Crippen molar-refractivity contribution in [1.29, 1.82) is 0 Å². The molecule has 0 saturated carbocycles. The average molecular weight is 656 g/mol. The van der Waals surface area contributed by atoms with E-state index in [-0.39, 0.29) is 11.8 Å². The van der Waals surface area contributed by atoms with Gasteiger partial charge >= 0.3 is 0 Å². The number of hydrogen-bond donors (Lipinski definition) is 2. The fourth-order valence-corrected chi connectivity index (χ4v) is 6.93. The Labute approximate surface area is 256 Å². The Bertz CT molecular complexity index is 1680. The first-order valence-corrected chi connectivity index (χ1v) is 16.0. The standard InChI is InChI=1S/C36H38IN3O/c1-24(2)36(41)38-28-11-7-10-27(23-28)25-18-21-40(22-19-25)20-8-14-30-31-17-16-26-9-3-4-12-29(26)34(31)39-35(30)32-13-5-6-15-33(32)37/h3-7,9-13,15-17,23-25,39H,8,14,18-22H2,1-2H3,(H,38,41). The number of hydrogen-bond acceptors (Lipinski definition) is 2. The summed E-state index contributed by atoms with van der Waals surface area (Å²) < 4.78 is 1.28. The molecule has 0 spiro atoms. The number of carbonyl (C=O) groups excluding carboxylic acids is 1. The minimum atomic E-state index is -0.0158. The first kappa shape index (κ1) is 28.0. The molecule has 2 N–H and O–H groups in total. The van der Waals surface area contributed by atoms with Crippen molar-refractivity contribution in [2.24, 2.45) is 5.92 Å². The van der Waals surface area contributed by atoms with Crippen LogP contribution in [0.1, 0.15) is 50.2 Å². The number of aryl methyl sites for hydroxylation is 1. The summed E-state index contributed by atoms with van der Waals surface area (Å²) >= 11 is 2.46. The molecule has 4 nitrogen and oxygen atoms in total. The second-order valence-corrected chi connectivity index (χ2v) is 12.8. The molecule has 0 bridgehead atoms. The summed E-state index contributed by atoms with van der Waals surface area (Å²) in [5, 5.41) is 6.98. The van der Waals surface area contributed by atoms with Gasteiger partial charge in [-0.1, -0.05) is 80.6 Å². The normalized spacial score (nSPS) is 14.7. The largest absolute Gasteiger partial charge is 0.354 e. The van der Waals surface area contributed by atoms with Crippen LogP contribution >= 0.6 is 22.6 Å². The maximum absolute atomic E-state index is 12.2. The highest BCUT2D eigenvalue weighted by Crippen LogP contribution is 2.37. The van der Waals surface area contributed by atoms with E-state index < -0.39 is 0 Å². The molecule has 5 aromatic rings. The van der Waals surface area contributed by atoms with Crippen LogP contribution in [0.25, 0.3) is 32.9 Å². The lowest BCUT2D eigenvalue weighted by molar-refractivity contribution is -0.118. The van der Waals surface area contributed by atoms with E-state index in [1.165, 1.54) is 47.6 Å². The van der Waals surface area contributed by atoms with Gasteiger partial charge in [-0.2, -0.15) is 0 Å². The van der Waals surface area contributed by atoms with Crippen molar-refractivity contribution < 1.29 is 4.79 Å². The summed E-state index contributed by atoms with van der Waals surface area (Å²) in [6.45, 7) is 7.21. The molecule has 1 fully saturated rings. The smallest absolute Gasteiger partial charge is 0.226 e. The highest BCUT2D eigenvalue weighted by molar-refractivity contribution is 14.1. The summed E-state index contributed by atoms with van der Waals surface area (Å²) in [6, 6.07) is 30.4. The van der Waals surface area contributed by atoms with Crippen molar-refractivity contribution in [1.82, 2.24) is 9.88 Å². The maximum Gasteiger partial charge on any atom is 0.226 e. The molecular formula is C36H38IN3O. The van der Waals surface area contributed by atoms with Crippen LogP contribution < -0.4 is 5.32 Å². The van der Waals surface area contributed by atoms with Crippen molar-refractivity contribution in [3.63, 3.8) is 0 Å². The molecule has 1 aliphatic rings. The average Bonchev–Trinajstić information content (AvgIpc) is 3.36. The number of nitrogens with zero attached hydrogens (tertiary/aromatic N) is 1. The van der Waals surface area contributed by atoms with Crippen LogP contribution in [0.5, 0.6) is 0 Å². The van der Waals surface area contributed by atoms with E-state index >= 15 is 0 Å². The molecule has 1 saturated heterocycles. The van der Waals surface area contributed by atoms with E-state index in [0.29, 0.717) is 5.92 Å². The topological polar surface area (TPSA) is 48.1 Å². The van der Waals surface area contributed by atoms with Crippen LogP contribution in [0.15, 0.2) is 84.9 Å². The second kappa shape index (κ2) is 12.4. The summed E-state index contributed by atoms with van der Waals surface area (Å²) in [5.41, 5.74) is 7.50. The molecule has 1 amide bonds. The van der Waals surface area contributed by atoms with E-state index in [1.54, 1.807) is 0 Å². The van der Waals surface area contributed by atoms with E-state index in [4.69, 9.17) is 0 Å². The van der Waals surface area contributed by atoms with Gasteiger partial charge in [0.25, 0.3) is 0 Å². The third-order valence-electron chi connectivity index (χ3n) is 8.59. The van der Waals surface area contributed by atoms with Gasteiger partial charge in [0.15, 0.2) is 0 Å². The van der Waals surface area contributed by atoms with Gasteiger partial charge in [-0.05, 0) is 109 Å². The lowest BCUT2D eigenvalue weighted by Gasteiger charge is -2.32. The highest BCUT2D eigenvalue weighted by Gasteiger charge is 2.22. The van der Waals surface area contributed by atoms with E-state index in [1.807, 2.05) is 19.9 Å². The summed E-state index contributed by atoms with van der Waals surface area (Å²) in [7, 11) is 0. The maximum atomic E-state index is 12.2.